The van der Waals surface area contributed by atoms with Gasteiger partial charge in [0.2, 0.25) is 11.8 Å². The van der Waals surface area contributed by atoms with E-state index >= 15 is 0 Å². The molecule has 2 aromatic carbocycles. The van der Waals surface area contributed by atoms with Crippen molar-refractivity contribution < 1.29 is 18.8 Å². The monoisotopic (exact) mass is 535 g/mol. The third-order valence-corrected chi connectivity index (χ3v) is 7.70. The molecule has 2 aliphatic heterocycles. The van der Waals surface area contributed by atoms with Crippen molar-refractivity contribution in [1.29, 1.82) is 0 Å². The van der Waals surface area contributed by atoms with Crippen LogP contribution in [0.3, 0.4) is 0 Å². The smallest absolute Gasteiger partial charge is 0.268 e. The molecular weight excluding hydrogens is 516 g/mol. The molecule has 182 valence electrons. The van der Waals surface area contributed by atoms with Crippen LogP contribution in [0.2, 0.25) is 10.0 Å². The average molecular weight is 536 g/mol. The van der Waals surface area contributed by atoms with E-state index in [2.05, 4.69) is 15.0 Å². The molecule has 3 amide bonds. The number of likely N-dealkylation sites (tertiary alicyclic amines) is 2. The van der Waals surface area contributed by atoms with E-state index in [9.17, 15) is 18.8 Å². The largest absolute Gasteiger partial charge is 0.351 e. The predicted octanol–water partition coefficient (Wildman–Crippen LogP) is 3.06. The van der Waals surface area contributed by atoms with E-state index in [1.54, 1.807) is 40.1 Å². The highest BCUT2D eigenvalue weighted by Gasteiger charge is 2.54. The van der Waals surface area contributed by atoms with Crippen LogP contribution in [-0.2, 0) is 9.59 Å². The molecule has 0 bridgehead atoms. The number of carbonyl (C=O) groups excluding carboxylic acids is 3. The molecule has 35 heavy (non-hydrogen) atoms. The Kier molecular flexibility index (Phi) is 6.63. The number of hydrogen-bond donors (Lipinski definition) is 3. The summed E-state index contributed by atoms with van der Waals surface area (Å²) in [6, 6.07) is 10.8. The number of amides is 3. The summed E-state index contributed by atoms with van der Waals surface area (Å²) in [5.41, 5.74) is 0.890. The molecule has 2 unspecified atom stereocenters. The Hall–Kier alpha value is -2.79. The van der Waals surface area contributed by atoms with Gasteiger partial charge in [0.25, 0.3) is 5.91 Å². The number of fused-ring (bicyclic) bond motifs is 2. The van der Waals surface area contributed by atoms with E-state index in [-0.39, 0.29) is 48.5 Å². The van der Waals surface area contributed by atoms with Gasteiger partial charge in [-0.05, 0) is 54.4 Å². The van der Waals surface area contributed by atoms with Crippen molar-refractivity contribution in [2.24, 2.45) is 0 Å². The Morgan fingerprint density at radius 1 is 1.00 bits per heavy atom. The van der Waals surface area contributed by atoms with Gasteiger partial charge in [0.05, 0.1) is 30.2 Å². The SMILES string of the molecule is O=C(NCC(=O)N1CC2C1CN2C(=O)CNSc1cc(Cl)ccc1Cl)c1cc2cc(F)ccc2[nH]1. The fourth-order valence-electron chi connectivity index (χ4n) is 4.24. The van der Waals surface area contributed by atoms with Gasteiger partial charge in [0, 0.05) is 33.9 Å². The van der Waals surface area contributed by atoms with Gasteiger partial charge < -0.3 is 20.1 Å². The zero-order valence-electron chi connectivity index (χ0n) is 18.2. The van der Waals surface area contributed by atoms with Gasteiger partial charge in [-0.3, -0.25) is 19.1 Å². The molecule has 12 heteroatoms. The normalized spacial score (nSPS) is 18.6. The Labute approximate surface area is 214 Å². The molecule has 8 nitrogen and oxygen atoms in total. The standard InChI is InChI=1S/C23H20Cl2FN5O3S/c24-13-1-3-15(25)20(7-13)35-28-9-22(33)31-11-18-19(31)10-30(18)21(32)8-27-23(34)17-6-12-5-14(26)2-4-16(12)29-17/h1-7,18-19,28-29H,8-11H2,(H,27,34). The molecule has 2 fully saturated rings. The van der Waals surface area contributed by atoms with Gasteiger partial charge in [-0.1, -0.05) is 23.2 Å². The number of nitrogens with one attached hydrogen (secondary N) is 3. The summed E-state index contributed by atoms with van der Waals surface area (Å²) in [7, 11) is 0. The van der Waals surface area contributed by atoms with Crippen LogP contribution in [-0.4, -0.2) is 70.8 Å². The number of benzene rings is 2. The summed E-state index contributed by atoms with van der Waals surface area (Å²) in [6.07, 6.45) is 0. The van der Waals surface area contributed by atoms with Gasteiger partial charge >= 0.3 is 0 Å². The molecule has 3 aromatic rings. The van der Waals surface area contributed by atoms with Gasteiger partial charge in [-0.25, -0.2) is 4.39 Å². The van der Waals surface area contributed by atoms with Gasteiger partial charge in [0.1, 0.15) is 11.5 Å². The fourth-order valence-corrected chi connectivity index (χ4v) is 5.41. The first-order valence-corrected chi connectivity index (χ1v) is 12.4. The second kappa shape index (κ2) is 9.69. The highest BCUT2D eigenvalue weighted by atomic mass is 35.5. The van der Waals surface area contributed by atoms with E-state index < -0.39 is 5.91 Å². The summed E-state index contributed by atoms with van der Waals surface area (Å²) >= 11 is 13.3. The van der Waals surface area contributed by atoms with E-state index in [1.807, 2.05) is 0 Å². The maximum absolute atomic E-state index is 13.3. The van der Waals surface area contributed by atoms with E-state index in [4.69, 9.17) is 23.2 Å². The Morgan fingerprint density at radius 3 is 2.43 bits per heavy atom. The molecule has 0 saturated carbocycles. The fraction of sp³-hybridized carbons (Fsp3) is 0.261. The minimum Gasteiger partial charge on any atom is -0.351 e. The summed E-state index contributed by atoms with van der Waals surface area (Å²) in [5, 5.41) is 4.28. The highest BCUT2D eigenvalue weighted by Crippen LogP contribution is 2.34. The van der Waals surface area contributed by atoms with E-state index in [1.165, 1.54) is 24.1 Å². The average Bonchev–Trinajstić information content (AvgIpc) is 3.24. The van der Waals surface area contributed by atoms with Crippen LogP contribution in [0.1, 0.15) is 10.5 Å². The van der Waals surface area contributed by atoms with E-state index in [0.29, 0.717) is 34.0 Å². The Bertz CT molecular complexity index is 1340. The van der Waals surface area contributed by atoms with Crippen molar-refractivity contribution in [3.05, 3.63) is 64.0 Å². The lowest BCUT2D eigenvalue weighted by Crippen LogP contribution is -2.81. The second-order valence-corrected chi connectivity index (χ2v) is 10.1. The number of nitrogens with zero attached hydrogens (tertiary/aromatic N) is 2. The molecule has 0 aliphatic carbocycles. The highest BCUT2D eigenvalue weighted by molar-refractivity contribution is 7.97. The van der Waals surface area contributed by atoms with Gasteiger partial charge in [-0.2, -0.15) is 0 Å². The third kappa shape index (κ3) is 4.84. The lowest BCUT2D eigenvalue weighted by Gasteiger charge is -2.61. The quantitative estimate of drug-likeness (QED) is 0.404. The zero-order valence-corrected chi connectivity index (χ0v) is 20.5. The van der Waals surface area contributed by atoms with Crippen LogP contribution in [0.15, 0.2) is 47.4 Å². The van der Waals surface area contributed by atoms with Crippen molar-refractivity contribution in [3.63, 3.8) is 0 Å². The molecule has 0 spiro atoms. The number of halogens is 3. The first kappa shape index (κ1) is 23.9. The lowest BCUT2D eigenvalue weighted by molar-refractivity contribution is -0.175. The summed E-state index contributed by atoms with van der Waals surface area (Å²) in [4.78, 5) is 44.5. The Balaban J connectivity index is 1.05. The topological polar surface area (TPSA) is 97.5 Å². The molecule has 5 rings (SSSR count). The predicted molar refractivity (Wildman–Crippen MR) is 132 cm³/mol. The number of piperazine rings is 1. The van der Waals surface area contributed by atoms with Crippen molar-refractivity contribution in [1.82, 2.24) is 24.8 Å². The number of rotatable bonds is 7. The first-order valence-electron chi connectivity index (χ1n) is 10.8. The van der Waals surface area contributed by atoms with Crippen molar-refractivity contribution in [2.75, 3.05) is 26.2 Å². The van der Waals surface area contributed by atoms with Crippen LogP contribution in [0.4, 0.5) is 4.39 Å². The molecule has 3 heterocycles. The van der Waals surface area contributed by atoms with Crippen molar-refractivity contribution >= 4 is 63.8 Å². The molecule has 2 saturated heterocycles. The maximum atomic E-state index is 13.3. The molecule has 2 atom stereocenters. The van der Waals surface area contributed by atoms with Crippen molar-refractivity contribution in [2.45, 2.75) is 17.0 Å². The molecule has 3 N–H and O–H groups in total. The summed E-state index contributed by atoms with van der Waals surface area (Å²) in [5.74, 6) is -1.11. The number of carbonyl (C=O) groups is 3. The zero-order chi connectivity index (χ0) is 24.7. The molecule has 1 aromatic heterocycles. The molecular formula is C23H20Cl2FN5O3S. The first-order chi connectivity index (χ1) is 16.8. The van der Waals surface area contributed by atoms with Crippen LogP contribution in [0.25, 0.3) is 10.9 Å². The lowest BCUT2D eigenvalue weighted by atomic mass is 9.85. The minimum absolute atomic E-state index is 0.00712. The van der Waals surface area contributed by atoms with Gasteiger partial charge in [0.15, 0.2) is 0 Å². The molecule has 0 radical (unpaired) electrons. The number of hydrogen-bond acceptors (Lipinski definition) is 5. The van der Waals surface area contributed by atoms with Crippen molar-refractivity contribution in [3.8, 4) is 0 Å². The van der Waals surface area contributed by atoms with Crippen LogP contribution in [0.5, 0.6) is 0 Å². The number of aromatic nitrogens is 1. The minimum atomic E-state index is -0.444. The third-order valence-electron chi connectivity index (χ3n) is 6.18. The second-order valence-electron chi connectivity index (χ2n) is 8.32. The molecule has 2 aliphatic rings. The summed E-state index contributed by atoms with van der Waals surface area (Å²) in [6.45, 7) is 0.860. The number of H-pyrrole nitrogens is 1. The van der Waals surface area contributed by atoms with E-state index in [0.717, 1.165) is 4.90 Å². The van der Waals surface area contributed by atoms with Crippen LogP contribution in [0, 0.1) is 5.82 Å². The number of aromatic amines is 1. The van der Waals surface area contributed by atoms with Crippen LogP contribution < -0.4 is 10.0 Å². The van der Waals surface area contributed by atoms with Gasteiger partial charge in [-0.15, -0.1) is 0 Å². The Morgan fingerprint density at radius 2 is 1.71 bits per heavy atom. The maximum Gasteiger partial charge on any atom is 0.268 e. The summed E-state index contributed by atoms with van der Waals surface area (Å²) < 4.78 is 16.3. The van der Waals surface area contributed by atoms with Crippen LogP contribution >= 0.6 is 35.1 Å².